The van der Waals surface area contributed by atoms with Crippen molar-refractivity contribution < 1.29 is 4.79 Å². The van der Waals surface area contributed by atoms with Crippen LogP contribution in [0.5, 0.6) is 0 Å². The van der Waals surface area contributed by atoms with E-state index in [0.717, 1.165) is 18.5 Å². The van der Waals surface area contributed by atoms with Crippen LogP contribution in [0.15, 0.2) is 18.2 Å². The summed E-state index contributed by atoms with van der Waals surface area (Å²) in [7, 11) is 0. The van der Waals surface area contributed by atoms with Gasteiger partial charge in [-0.25, -0.2) is 0 Å². The molecule has 1 unspecified atom stereocenters. The van der Waals surface area contributed by atoms with Crippen LogP contribution in [0.1, 0.15) is 54.1 Å². The lowest BCUT2D eigenvalue weighted by atomic mass is 9.95. The van der Waals surface area contributed by atoms with Crippen molar-refractivity contribution in [3.05, 3.63) is 34.9 Å². The van der Waals surface area contributed by atoms with Crippen molar-refractivity contribution in [3.8, 4) is 0 Å². The lowest BCUT2D eigenvalue weighted by molar-refractivity contribution is 0.0883. The van der Waals surface area contributed by atoms with E-state index in [9.17, 15) is 4.79 Å². The van der Waals surface area contributed by atoms with E-state index in [4.69, 9.17) is 0 Å². The Bertz CT molecular complexity index is 488. The first kappa shape index (κ1) is 13.8. The van der Waals surface area contributed by atoms with E-state index < -0.39 is 0 Å². The van der Waals surface area contributed by atoms with Gasteiger partial charge in [0.2, 0.25) is 0 Å². The van der Waals surface area contributed by atoms with Gasteiger partial charge in [-0.2, -0.15) is 0 Å². The summed E-state index contributed by atoms with van der Waals surface area (Å²) in [5.74, 6) is 0.442. The Morgan fingerprint density at radius 2 is 1.85 bits per heavy atom. The minimum atomic E-state index is 0.118. The lowest BCUT2D eigenvalue weighted by Gasteiger charge is -2.28. The Labute approximate surface area is 122 Å². The van der Waals surface area contributed by atoms with Gasteiger partial charge in [0.05, 0.1) is 0 Å². The van der Waals surface area contributed by atoms with Crippen LogP contribution < -0.4 is 0 Å². The molecule has 2 aliphatic rings. The van der Waals surface area contributed by atoms with Crippen molar-refractivity contribution in [1.82, 2.24) is 4.90 Å². The number of ketones is 1. The highest BCUT2D eigenvalue weighted by atomic mass is 16.1. The maximum atomic E-state index is 12.6. The van der Waals surface area contributed by atoms with Crippen molar-refractivity contribution in [2.45, 2.75) is 45.4 Å². The molecule has 0 saturated carbocycles. The normalized spacial score (nSPS) is 20.6. The molecule has 2 nitrogen and oxygen atoms in total. The molecule has 0 bridgehead atoms. The number of likely N-dealkylation sites (tertiary alicyclic amines) is 1. The topological polar surface area (TPSA) is 20.3 Å². The van der Waals surface area contributed by atoms with Gasteiger partial charge >= 0.3 is 0 Å². The molecule has 0 amide bonds. The van der Waals surface area contributed by atoms with E-state index in [-0.39, 0.29) is 5.92 Å². The Balaban J connectivity index is 1.65. The summed E-state index contributed by atoms with van der Waals surface area (Å²) in [6.45, 7) is 5.35. The van der Waals surface area contributed by atoms with Crippen LogP contribution >= 0.6 is 0 Å². The molecule has 0 aromatic heterocycles. The summed E-state index contributed by atoms with van der Waals surface area (Å²) in [6.07, 6.45) is 7.52. The van der Waals surface area contributed by atoms with E-state index in [0.29, 0.717) is 5.78 Å². The molecule has 0 N–H and O–H groups in total. The van der Waals surface area contributed by atoms with Gasteiger partial charge in [-0.05, 0) is 62.4 Å². The SMILES string of the molecule is CC(CN1CCCCC1)C(=O)c1ccc2c(c1)CCC2. The van der Waals surface area contributed by atoms with Crippen LogP contribution in [0.4, 0.5) is 0 Å². The summed E-state index contributed by atoms with van der Waals surface area (Å²) in [6, 6.07) is 6.36. The van der Waals surface area contributed by atoms with E-state index in [2.05, 4.69) is 24.0 Å². The Morgan fingerprint density at radius 3 is 2.65 bits per heavy atom. The Hall–Kier alpha value is -1.15. The summed E-state index contributed by atoms with van der Waals surface area (Å²) < 4.78 is 0. The van der Waals surface area contributed by atoms with Crippen molar-refractivity contribution in [3.63, 3.8) is 0 Å². The first-order chi connectivity index (χ1) is 9.74. The summed E-state index contributed by atoms with van der Waals surface area (Å²) >= 11 is 0. The fourth-order valence-corrected chi connectivity index (χ4v) is 3.62. The van der Waals surface area contributed by atoms with E-state index in [1.165, 1.54) is 56.3 Å². The molecule has 0 radical (unpaired) electrons. The van der Waals surface area contributed by atoms with Crippen LogP contribution in [-0.2, 0) is 12.8 Å². The van der Waals surface area contributed by atoms with Crippen LogP contribution in [0.25, 0.3) is 0 Å². The Morgan fingerprint density at radius 1 is 1.10 bits per heavy atom. The summed E-state index contributed by atoms with van der Waals surface area (Å²) in [5, 5.41) is 0. The van der Waals surface area contributed by atoms with E-state index in [1.807, 2.05) is 6.07 Å². The van der Waals surface area contributed by atoms with Crippen LogP contribution in [0, 0.1) is 5.92 Å². The number of piperidine rings is 1. The van der Waals surface area contributed by atoms with Gasteiger partial charge in [0.1, 0.15) is 0 Å². The van der Waals surface area contributed by atoms with E-state index >= 15 is 0 Å². The number of carbonyl (C=O) groups is 1. The minimum Gasteiger partial charge on any atom is -0.303 e. The van der Waals surface area contributed by atoms with Gasteiger partial charge in [-0.1, -0.05) is 25.5 Å². The average Bonchev–Trinajstić information content (AvgIpc) is 2.94. The van der Waals surface area contributed by atoms with Crippen LogP contribution in [-0.4, -0.2) is 30.3 Å². The molecule has 3 rings (SSSR count). The number of carbonyl (C=O) groups excluding carboxylic acids is 1. The zero-order valence-electron chi connectivity index (χ0n) is 12.5. The number of hydrogen-bond donors (Lipinski definition) is 0. The number of nitrogens with zero attached hydrogens (tertiary/aromatic N) is 1. The molecule has 1 atom stereocenters. The molecule has 1 heterocycles. The van der Waals surface area contributed by atoms with Gasteiger partial charge in [-0.3, -0.25) is 4.79 Å². The Kier molecular flexibility index (Phi) is 4.21. The highest BCUT2D eigenvalue weighted by molar-refractivity contribution is 5.98. The largest absolute Gasteiger partial charge is 0.303 e. The predicted molar refractivity (Wildman–Crippen MR) is 82.3 cm³/mol. The average molecular weight is 271 g/mol. The molecule has 20 heavy (non-hydrogen) atoms. The molecule has 1 aromatic carbocycles. The number of rotatable bonds is 4. The highest BCUT2D eigenvalue weighted by Gasteiger charge is 2.21. The summed E-state index contributed by atoms with van der Waals surface area (Å²) in [5.41, 5.74) is 3.78. The lowest BCUT2D eigenvalue weighted by Crippen LogP contribution is -2.35. The third-order valence-corrected chi connectivity index (χ3v) is 4.81. The quantitative estimate of drug-likeness (QED) is 0.781. The molecule has 1 fully saturated rings. The van der Waals surface area contributed by atoms with Crippen molar-refractivity contribution in [2.24, 2.45) is 5.92 Å². The minimum absolute atomic E-state index is 0.118. The number of fused-ring (bicyclic) bond motifs is 1. The first-order valence-electron chi connectivity index (χ1n) is 8.12. The molecule has 1 saturated heterocycles. The highest BCUT2D eigenvalue weighted by Crippen LogP contribution is 2.24. The van der Waals surface area contributed by atoms with E-state index in [1.54, 1.807) is 0 Å². The van der Waals surface area contributed by atoms with Gasteiger partial charge in [0.15, 0.2) is 5.78 Å². The molecule has 1 aliphatic carbocycles. The van der Waals surface area contributed by atoms with Gasteiger partial charge in [0.25, 0.3) is 0 Å². The molecular weight excluding hydrogens is 246 g/mol. The van der Waals surface area contributed by atoms with Gasteiger partial charge in [-0.15, -0.1) is 0 Å². The van der Waals surface area contributed by atoms with Crippen molar-refractivity contribution in [2.75, 3.05) is 19.6 Å². The summed E-state index contributed by atoms with van der Waals surface area (Å²) in [4.78, 5) is 15.0. The van der Waals surface area contributed by atoms with Gasteiger partial charge in [0, 0.05) is 18.0 Å². The molecule has 108 valence electrons. The maximum absolute atomic E-state index is 12.6. The molecule has 0 spiro atoms. The predicted octanol–water partition coefficient (Wildman–Crippen LogP) is 3.48. The third kappa shape index (κ3) is 2.95. The number of Topliss-reactive ketones (excluding diaryl/α,β-unsaturated/α-hetero) is 1. The van der Waals surface area contributed by atoms with Crippen LogP contribution in [0.2, 0.25) is 0 Å². The third-order valence-electron chi connectivity index (χ3n) is 4.81. The first-order valence-corrected chi connectivity index (χ1v) is 8.12. The standard InChI is InChI=1S/C18H25NO/c1-14(13-19-10-3-2-4-11-19)18(20)17-9-8-15-6-5-7-16(15)12-17/h8-9,12,14H,2-7,10-11,13H2,1H3. The molecular formula is C18H25NO. The number of benzene rings is 1. The number of aryl methyl sites for hydroxylation is 2. The number of hydrogen-bond acceptors (Lipinski definition) is 2. The zero-order chi connectivity index (χ0) is 13.9. The molecule has 1 aliphatic heterocycles. The second-order valence-corrected chi connectivity index (χ2v) is 6.46. The van der Waals surface area contributed by atoms with Crippen LogP contribution in [0.3, 0.4) is 0 Å². The molecule has 1 aromatic rings. The van der Waals surface area contributed by atoms with Crippen molar-refractivity contribution in [1.29, 1.82) is 0 Å². The smallest absolute Gasteiger partial charge is 0.166 e. The zero-order valence-corrected chi connectivity index (χ0v) is 12.5. The maximum Gasteiger partial charge on any atom is 0.166 e. The van der Waals surface area contributed by atoms with Crippen molar-refractivity contribution >= 4 is 5.78 Å². The fourth-order valence-electron chi connectivity index (χ4n) is 3.62. The second-order valence-electron chi connectivity index (χ2n) is 6.46. The fraction of sp³-hybridized carbons (Fsp3) is 0.611. The second kappa shape index (κ2) is 6.09. The monoisotopic (exact) mass is 271 g/mol. The molecule has 2 heteroatoms. The van der Waals surface area contributed by atoms with Gasteiger partial charge < -0.3 is 4.90 Å².